The molecule has 4 rings (SSSR count). The number of nitrogens with one attached hydrogen (secondary N) is 2. The largest absolute Gasteiger partial charge is 0.495 e. The molecule has 0 aliphatic heterocycles. The fraction of sp³-hybridized carbons (Fsp3) is 0.0800. The number of nitrogens with zero attached hydrogens (tertiary/aromatic N) is 3. The van der Waals surface area contributed by atoms with Gasteiger partial charge in [-0.1, -0.05) is 75.5 Å². The molecule has 3 aromatic carbocycles. The number of ether oxygens (including phenoxy) is 1. The zero-order valence-electron chi connectivity index (χ0n) is 18.5. The van der Waals surface area contributed by atoms with Crippen LogP contribution in [0.25, 0.3) is 0 Å². The smallest absolute Gasteiger partial charge is 0.324 e. The molecule has 0 atom stereocenters. The average Bonchev–Trinajstić information content (AvgIpc) is 2.86. The van der Waals surface area contributed by atoms with Crippen LogP contribution in [0.2, 0.25) is 10.0 Å². The van der Waals surface area contributed by atoms with Crippen LogP contribution in [-0.4, -0.2) is 23.1 Å². The molecule has 0 spiro atoms. The Bertz CT molecular complexity index is 1320. The summed E-state index contributed by atoms with van der Waals surface area (Å²) in [4.78, 5) is 23.3. The Hall–Kier alpha value is -3.33. The molecule has 4 aromatic rings. The van der Waals surface area contributed by atoms with E-state index in [1.165, 1.54) is 6.33 Å². The van der Waals surface area contributed by atoms with Gasteiger partial charge in [-0.3, -0.25) is 5.32 Å². The molecule has 0 aliphatic carbocycles. The number of urea groups is 1. The van der Waals surface area contributed by atoms with Gasteiger partial charge in [0, 0.05) is 17.1 Å². The van der Waals surface area contributed by atoms with Crippen molar-refractivity contribution in [2.75, 3.05) is 22.6 Å². The van der Waals surface area contributed by atoms with Crippen LogP contribution in [0.4, 0.5) is 27.8 Å². The number of carbonyl (C=O) groups is 1. The van der Waals surface area contributed by atoms with Gasteiger partial charge in [0.25, 0.3) is 0 Å². The SMILES string of the molecule is COc1cc(Br)ccc1N(Cc1ccccc1)c1cc(NC(=O)Nc2c(Cl)cccc2Cl)ncn1. The van der Waals surface area contributed by atoms with Crippen LogP contribution in [0, 0.1) is 0 Å². The number of rotatable bonds is 7. The normalized spacial score (nSPS) is 10.5. The molecule has 0 saturated heterocycles. The number of benzene rings is 3. The second-order valence-corrected chi connectivity index (χ2v) is 9.06. The van der Waals surface area contributed by atoms with Crippen LogP contribution in [0.15, 0.2) is 83.6 Å². The summed E-state index contributed by atoms with van der Waals surface area (Å²) in [5, 5.41) is 6.02. The van der Waals surface area contributed by atoms with Crippen molar-refractivity contribution >= 4 is 68.2 Å². The maximum absolute atomic E-state index is 12.6. The molecule has 7 nitrogen and oxygen atoms in total. The number of aromatic nitrogens is 2. The Morgan fingerprint density at radius 1 is 0.971 bits per heavy atom. The van der Waals surface area contributed by atoms with Crippen molar-refractivity contribution in [3.63, 3.8) is 0 Å². The topological polar surface area (TPSA) is 79.4 Å². The van der Waals surface area contributed by atoms with E-state index in [1.807, 2.05) is 53.4 Å². The van der Waals surface area contributed by atoms with Gasteiger partial charge < -0.3 is 15.0 Å². The fourth-order valence-corrected chi connectivity index (χ4v) is 4.20. The van der Waals surface area contributed by atoms with Crippen molar-refractivity contribution in [2.45, 2.75) is 6.54 Å². The average molecular weight is 573 g/mol. The maximum atomic E-state index is 12.6. The Morgan fingerprint density at radius 3 is 2.43 bits per heavy atom. The minimum Gasteiger partial charge on any atom is -0.495 e. The summed E-state index contributed by atoms with van der Waals surface area (Å²) in [5.41, 5.74) is 2.18. The summed E-state index contributed by atoms with van der Waals surface area (Å²) in [6.07, 6.45) is 1.39. The van der Waals surface area contributed by atoms with Crippen molar-refractivity contribution in [3.8, 4) is 5.75 Å². The first kappa shape index (κ1) is 24.8. The molecule has 2 N–H and O–H groups in total. The van der Waals surface area contributed by atoms with E-state index < -0.39 is 6.03 Å². The highest BCUT2D eigenvalue weighted by Crippen LogP contribution is 2.37. The molecule has 10 heteroatoms. The molecule has 0 unspecified atom stereocenters. The predicted octanol–water partition coefficient (Wildman–Crippen LogP) is 7.54. The van der Waals surface area contributed by atoms with Gasteiger partial charge in [-0.25, -0.2) is 14.8 Å². The van der Waals surface area contributed by atoms with Crippen LogP contribution in [-0.2, 0) is 6.54 Å². The highest BCUT2D eigenvalue weighted by molar-refractivity contribution is 9.10. The standard InChI is InChI=1S/C25H20BrCl2N5O2/c1-35-21-12-17(26)10-11-20(21)33(14-16-6-3-2-4-7-16)23-13-22(29-15-30-23)31-25(34)32-24-18(27)8-5-9-19(24)28/h2-13,15H,14H2,1H3,(H2,29,30,31,32,34). The lowest BCUT2D eigenvalue weighted by Crippen LogP contribution is -2.22. The van der Waals surface area contributed by atoms with Crippen LogP contribution < -0.4 is 20.3 Å². The first-order valence-electron chi connectivity index (χ1n) is 10.4. The summed E-state index contributed by atoms with van der Waals surface area (Å²) in [7, 11) is 1.61. The van der Waals surface area contributed by atoms with E-state index in [0.717, 1.165) is 15.7 Å². The molecule has 1 aromatic heterocycles. The van der Waals surface area contributed by atoms with E-state index >= 15 is 0 Å². The maximum Gasteiger partial charge on any atom is 0.324 e. The quantitative estimate of drug-likeness (QED) is 0.239. The van der Waals surface area contributed by atoms with Crippen molar-refractivity contribution in [3.05, 3.63) is 99.2 Å². The van der Waals surface area contributed by atoms with Gasteiger partial charge in [-0.2, -0.15) is 0 Å². The van der Waals surface area contributed by atoms with E-state index in [4.69, 9.17) is 27.9 Å². The fourth-order valence-electron chi connectivity index (χ4n) is 3.37. The lowest BCUT2D eigenvalue weighted by atomic mass is 10.2. The number of hydrogen-bond donors (Lipinski definition) is 2. The van der Waals surface area contributed by atoms with Crippen molar-refractivity contribution in [2.24, 2.45) is 0 Å². The number of amides is 2. The highest BCUT2D eigenvalue weighted by atomic mass is 79.9. The number of anilines is 4. The molecule has 0 bridgehead atoms. The second kappa shape index (κ2) is 11.4. The van der Waals surface area contributed by atoms with Crippen molar-refractivity contribution in [1.82, 2.24) is 9.97 Å². The lowest BCUT2D eigenvalue weighted by Gasteiger charge is -2.26. The van der Waals surface area contributed by atoms with E-state index in [-0.39, 0.29) is 0 Å². The summed E-state index contributed by atoms with van der Waals surface area (Å²) in [5.74, 6) is 1.52. The first-order chi connectivity index (χ1) is 16.9. The Morgan fingerprint density at radius 2 is 1.71 bits per heavy atom. The third-order valence-corrected chi connectivity index (χ3v) is 6.11. The van der Waals surface area contributed by atoms with Gasteiger partial charge in [0.1, 0.15) is 23.7 Å². The molecule has 178 valence electrons. The first-order valence-corrected chi connectivity index (χ1v) is 12.0. The van der Waals surface area contributed by atoms with Crippen molar-refractivity contribution < 1.29 is 9.53 Å². The molecule has 0 fully saturated rings. The number of para-hydroxylation sites is 1. The second-order valence-electron chi connectivity index (χ2n) is 7.33. The third kappa shape index (κ3) is 6.22. The molecule has 0 radical (unpaired) electrons. The molecule has 1 heterocycles. The van der Waals surface area contributed by atoms with Gasteiger partial charge in [0.2, 0.25) is 0 Å². The van der Waals surface area contributed by atoms with Crippen LogP contribution in [0.5, 0.6) is 5.75 Å². The summed E-state index contributed by atoms with van der Waals surface area (Å²) in [6.45, 7) is 0.511. The van der Waals surface area contributed by atoms with Gasteiger partial charge >= 0.3 is 6.03 Å². The number of methoxy groups -OCH3 is 1. The minimum atomic E-state index is -0.541. The van der Waals surface area contributed by atoms with Gasteiger partial charge in [0.05, 0.1) is 28.5 Å². The van der Waals surface area contributed by atoms with Crippen LogP contribution in [0.3, 0.4) is 0 Å². The summed E-state index contributed by atoms with van der Waals surface area (Å²) >= 11 is 15.8. The zero-order valence-corrected chi connectivity index (χ0v) is 21.6. The van der Waals surface area contributed by atoms with Crippen LogP contribution in [0.1, 0.15) is 5.56 Å². The van der Waals surface area contributed by atoms with Gasteiger partial charge in [-0.15, -0.1) is 0 Å². The molecule has 2 amide bonds. The number of halogens is 3. The Labute approximate surface area is 221 Å². The summed E-state index contributed by atoms with van der Waals surface area (Å²) < 4.78 is 6.52. The Balaban J connectivity index is 1.64. The molecular weight excluding hydrogens is 553 g/mol. The van der Waals surface area contributed by atoms with Crippen molar-refractivity contribution in [1.29, 1.82) is 0 Å². The van der Waals surface area contributed by atoms with Gasteiger partial charge in [-0.05, 0) is 35.9 Å². The number of carbonyl (C=O) groups excluding carboxylic acids is 1. The van der Waals surface area contributed by atoms with E-state index in [9.17, 15) is 4.79 Å². The predicted molar refractivity (Wildman–Crippen MR) is 144 cm³/mol. The Kier molecular flexibility index (Phi) is 8.07. The highest BCUT2D eigenvalue weighted by Gasteiger charge is 2.18. The van der Waals surface area contributed by atoms with E-state index in [2.05, 4.69) is 36.5 Å². The summed E-state index contributed by atoms with van der Waals surface area (Å²) in [6, 6.07) is 21.8. The molecule has 0 aliphatic rings. The number of hydrogen-bond acceptors (Lipinski definition) is 5. The third-order valence-electron chi connectivity index (χ3n) is 4.99. The molecule has 0 saturated carbocycles. The van der Waals surface area contributed by atoms with Crippen LogP contribution >= 0.6 is 39.1 Å². The van der Waals surface area contributed by atoms with E-state index in [1.54, 1.807) is 31.4 Å². The van der Waals surface area contributed by atoms with Gasteiger partial charge in [0.15, 0.2) is 0 Å². The molecular formula is C25H20BrCl2N5O2. The monoisotopic (exact) mass is 571 g/mol. The zero-order chi connectivity index (χ0) is 24.8. The van der Waals surface area contributed by atoms with E-state index in [0.29, 0.717) is 39.7 Å². The lowest BCUT2D eigenvalue weighted by molar-refractivity contribution is 0.262. The molecule has 35 heavy (non-hydrogen) atoms. The minimum absolute atomic E-state index is 0.296.